The van der Waals surface area contributed by atoms with Crippen molar-refractivity contribution in [3.05, 3.63) is 75.3 Å². The number of benzene rings is 2. The van der Waals surface area contributed by atoms with Crippen LogP contribution in [0.4, 0.5) is 18.9 Å². The van der Waals surface area contributed by atoms with Gasteiger partial charge in [-0.1, -0.05) is 71.0 Å². The summed E-state index contributed by atoms with van der Waals surface area (Å²) in [5.41, 5.74) is -0.430. The molecule has 0 aromatic heterocycles. The van der Waals surface area contributed by atoms with Gasteiger partial charge in [0.2, 0.25) is 41.2 Å². The fourth-order valence-corrected chi connectivity index (χ4v) is 7.02. The van der Waals surface area contributed by atoms with Gasteiger partial charge in [-0.2, -0.15) is 13.2 Å². The topological polar surface area (TPSA) is 376 Å². The Morgan fingerprint density at radius 2 is 1.20 bits per heavy atom. The number of nitrogens with zero attached hydrogens (tertiary/aromatic N) is 1. The number of carbonyl (C=O) groups is 11. The Hall–Kier alpha value is -8.00. The Morgan fingerprint density at radius 1 is 0.649 bits per heavy atom. The summed E-state index contributed by atoms with van der Waals surface area (Å²) in [7, 11) is 0. The first-order valence-electron chi connectivity index (χ1n) is 22.9. The maximum atomic E-state index is 14.4. The zero-order valence-corrected chi connectivity index (χ0v) is 41.3. The third-order valence-electron chi connectivity index (χ3n) is 10.8. The molecule has 0 radical (unpaired) electrons. The molecule has 2 aromatic rings. The van der Waals surface area contributed by atoms with E-state index in [1.54, 1.807) is 45.0 Å². The Labute approximate surface area is 421 Å². The molecule has 406 valence electrons. The monoisotopic (exact) mass is 1050 g/mol. The van der Waals surface area contributed by atoms with Crippen LogP contribution in [-0.4, -0.2) is 128 Å². The van der Waals surface area contributed by atoms with Gasteiger partial charge in [0.1, 0.15) is 36.3 Å². The molecule has 0 aliphatic rings. The summed E-state index contributed by atoms with van der Waals surface area (Å²) in [6.45, 7) is 8.78. The minimum Gasteiger partial charge on any atom is -0.481 e. The Bertz CT molecular complexity index is 2430. The van der Waals surface area contributed by atoms with E-state index in [9.17, 15) is 86.2 Å². The number of nitrogens with one attached hydrogen (secondary N) is 7. The van der Waals surface area contributed by atoms with Crippen molar-refractivity contribution in [3.8, 4) is 0 Å². The second-order valence-electron chi connectivity index (χ2n) is 18.6. The molecule has 7 amide bonds. The number of carboxylic acid groups (broad SMARTS) is 3. The van der Waals surface area contributed by atoms with Crippen molar-refractivity contribution in [2.75, 3.05) is 0 Å². The molecule has 10 N–H and O–H groups in total. The van der Waals surface area contributed by atoms with Crippen LogP contribution in [0.2, 0.25) is 0 Å². The molecule has 24 nitrogen and oxygen atoms in total. The molecule has 0 aliphatic carbocycles. The summed E-state index contributed by atoms with van der Waals surface area (Å²) in [4.78, 5) is 153. The minimum atomic E-state index is -5.12. The Morgan fingerprint density at radius 3 is 1.76 bits per heavy atom. The molecule has 0 saturated heterocycles. The van der Waals surface area contributed by atoms with E-state index in [-0.39, 0.29) is 24.1 Å². The third kappa shape index (κ3) is 22.2. The van der Waals surface area contributed by atoms with E-state index in [4.69, 9.17) is 5.11 Å². The molecule has 0 aliphatic heterocycles. The average molecular weight is 1050 g/mol. The lowest BCUT2D eigenvalue weighted by Gasteiger charge is -2.34. The molecular weight excluding hydrogens is 990 g/mol. The number of Topliss-reactive ketones (excluding diaryl/α,β-unsaturated/α-hetero) is 1. The van der Waals surface area contributed by atoms with Crippen molar-refractivity contribution >= 4 is 70.7 Å². The number of non-ortho nitro benzene ring substituents is 1. The van der Waals surface area contributed by atoms with Crippen LogP contribution in [0.3, 0.4) is 0 Å². The highest BCUT2D eigenvalue weighted by Crippen LogP contribution is 2.24. The van der Waals surface area contributed by atoms with Crippen LogP contribution in [0.5, 0.6) is 0 Å². The Kier molecular flexibility index (Phi) is 23.8. The van der Waals surface area contributed by atoms with Crippen molar-refractivity contribution < 1.29 is 86.2 Å². The quantitative estimate of drug-likeness (QED) is 0.0313. The number of carbonyl (C=O) groups excluding carboxylic acids is 8. The summed E-state index contributed by atoms with van der Waals surface area (Å²) in [6, 6.07) is 0.149. The minimum absolute atomic E-state index is 0.120. The molecule has 0 saturated carbocycles. The Balaban J connectivity index is 2.49. The van der Waals surface area contributed by atoms with E-state index < -0.39 is 169 Å². The summed E-state index contributed by atoms with van der Waals surface area (Å²) in [6.07, 6.45) is -11.5. The maximum absolute atomic E-state index is 14.4. The molecule has 2 rings (SSSR count). The number of alkyl halides is 3. The van der Waals surface area contributed by atoms with Gasteiger partial charge in [-0.3, -0.25) is 62.9 Å². The molecule has 0 heterocycles. The van der Waals surface area contributed by atoms with E-state index in [1.165, 1.54) is 32.9 Å². The van der Waals surface area contributed by atoms with E-state index in [2.05, 4.69) is 31.9 Å². The molecule has 1 unspecified atom stereocenters. The van der Waals surface area contributed by atoms with Crippen molar-refractivity contribution in [2.45, 2.75) is 142 Å². The summed E-state index contributed by atoms with van der Waals surface area (Å²) >= 11 is 0. The fourth-order valence-electron chi connectivity index (χ4n) is 7.02. The average Bonchev–Trinajstić information content (AvgIpc) is 3.28. The van der Waals surface area contributed by atoms with Gasteiger partial charge >= 0.3 is 24.1 Å². The van der Waals surface area contributed by atoms with Gasteiger partial charge in [0.15, 0.2) is 0 Å². The van der Waals surface area contributed by atoms with Crippen LogP contribution in [0.1, 0.15) is 96.3 Å². The first-order chi connectivity index (χ1) is 34.3. The SMILES string of the molecule is Cc1ccccc1C[C@H](NC(=O)[C@H](CCC(=O)O)NC(=O)[C@H](CC(=O)O)NC(=O)CCC(=O)O)C(=O)N[C@H](C(=O)N[C@@H](CC(C)C)C(=O)NC(CC(F)(F)F)C(=O)C(=O)NCc1cccc([N+](=O)[O-])c1)C(C)(C)C. The number of halogens is 3. The fraction of sp³-hybridized carbons (Fsp3) is 0.511. The van der Waals surface area contributed by atoms with Gasteiger partial charge in [-0.25, -0.2) is 0 Å². The lowest BCUT2D eigenvalue weighted by atomic mass is 9.85. The van der Waals surface area contributed by atoms with Crippen molar-refractivity contribution in [1.29, 1.82) is 0 Å². The molecule has 0 bridgehead atoms. The summed E-state index contributed by atoms with van der Waals surface area (Å²) < 4.78 is 41.5. The van der Waals surface area contributed by atoms with Crippen LogP contribution >= 0.6 is 0 Å². The van der Waals surface area contributed by atoms with Gasteiger partial charge in [-0.05, 0) is 47.8 Å². The normalized spacial score (nSPS) is 13.8. The standard InChI is InChI=1S/C47H61F3N8O16/c1-24(2)18-30(41(68)56-33(22-47(48,49)50)38(66)44(71)51-23-26-11-9-13-28(19-26)58(73)74)55-45(72)39(46(4,5)6)57-43(70)31(20-27-12-8-7-10-25(27)3)54-40(67)29(14-16-35(60)61)53-42(69)32(21-37(64)65)52-34(59)15-17-36(62)63/h7-13,19,24,29-33,39H,14-18,20-23H2,1-6H3,(H,51,71)(H,52,59)(H,53,69)(H,54,67)(H,55,72)(H,56,68)(H,57,70)(H,60,61)(H,62,63)(H,64,65)/t29-,30-,31-,32-,33?,39+/m0/s1. The van der Waals surface area contributed by atoms with Gasteiger partial charge in [0, 0.05) is 37.9 Å². The lowest BCUT2D eigenvalue weighted by Crippen LogP contribution is -2.62. The molecule has 6 atom stereocenters. The summed E-state index contributed by atoms with van der Waals surface area (Å²) in [5.74, 6) is -15.2. The number of nitro benzene ring substituents is 1. The zero-order chi connectivity index (χ0) is 56.2. The second-order valence-corrected chi connectivity index (χ2v) is 18.6. The van der Waals surface area contributed by atoms with E-state index in [0.29, 0.717) is 11.1 Å². The molecule has 74 heavy (non-hydrogen) atoms. The van der Waals surface area contributed by atoms with Crippen molar-refractivity contribution in [3.63, 3.8) is 0 Å². The number of aryl methyl sites for hydroxylation is 1. The van der Waals surface area contributed by atoms with E-state index in [0.717, 1.165) is 12.1 Å². The number of hydrogen-bond donors (Lipinski definition) is 10. The van der Waals surface area contributed by atoms with E-state index >= 15 is 0 Å². The number of amides is 7. The van der Waals surface area contributed by atoms with Crippen LogP contribution in [0.15, 0.2) is 48.5 Å². The predicted octanol–water partition coefficient (Wildman–Crippen LogP) is 1.49. The molecular formula is C47H61F3N8O16. The van der Waals surface area contributed by atoms with Crippen molar-refractivity contribution in [1.82, 2.24) is 37.2 Å². The maximum Gasteiger partial charge on any atom is 0.391 e. The highest BCUT2D eigenvalue weighted by Gasteiger charge is 2.42. The van der Waals surface area contributed by atoms with Gasteiger partial charge in [-0.15, -0.1) is 0 Å². The first kappa shape index (κ1) is 62.1. The van der Waals surface area contributed by atoms with Gasteiger partial charge in [0.25, 0.3) is 11.6 Å². The smallest absolute Gasteiger partial charge is 0.391 e. The first-order valence-corrected chi connectivity index (χ1v) is 22.9. The van der Waals surface area contributed by atoms with Crippen LogP contribution in [0.25, 0.3) is 0 Å². The van der Waals surface area contributed by atoms with E-state index in [1.807, 2.05) is 5.32 Å². The number of hydrogen-bond acceptors (Lipinski definition) is 13. The van der Waals surface area contributed by atoms with Crippen LogP contribution in [0, 0.1) is 28.4 Å². The lowest BCUT2D eigenvalue weighted by molar-refractivity contribution is -0.384. The number of aliphatic carboxylic acids is 3. The number of nitro groups is 1. The third-order valence-corrected chi connectivity index (χ3v) is 10.8. The summed E-state index contributed by atoms with van der Waals surface area (Å²) in [5, 5.41) is 54.6. The predicted molar refractivity (Wildman–Crippen MR) is 252 cm³/mol. The van der Waals surface area contributed by atoms with Crippen LogP contribution in [-0.2, 0) is 65.7 Å². The second kappa shape index (κ2) is 28.3. The highest BCUT2D eigenvalue weighted by molar-refractivity contribution is 6.38. The van der Waals surface area contributed by atoms with Gasteiger partial charge in [0.05, 0.1) is 24.2 Å². The number of rotatable bonds is 29. The largest absolute Gasteiger partial charge is 0.481 e. The number of carboxylic acids is 3. The highest BCUT2D eigenvalue weighted by atomic mass is 19.4. The number of ketones is 1. The van der Waals surface area contributed by atoms with Crippen LogP contribution < -0.4 is 37.2 Å². The van der Waals surface area contributed by atoms with Crippen molar-refractivity contribution in [2.24, 2.45) is 11.3 Å². The molecule has 0 spiro atoms. The molecule has 27 heteroatoms. The molecule has 2 aromatic carbocycles. The van der Waals surface area contributed by atoms with Gasteiger partial charge < -0.3 is 52.5 Å². The zero-order valence-electron chi connectivity index (χ0n) is 41.3. The molecule has 0 fully saturated rings.